The molecule has 20 heavy (non-hydrogen) atoms. The van der Waals surface area contributed by atoms with E-state index in [2.05, 4.69) is 12.2 Å². The minimum Gasteiger partial charge on any atom is -0.396 e. The van der Waals surface area contributed by atoms with E-state index < -0.39 is 0 Å². The number of aliphatic hydroxyl groups is 1. The van der Waals surface area contributed by atoms with Crippen molar-refractivity contribution in [1.29, 1.82) is 0 Å². The van der Waals surface area contributed by atoms with E-state index in [9.17, 15) is 9.50 Å². The summed E-state index contributed by atoms with van der Waals surface area (Å²) in [6.07, 6.45) is 6.90. The maximum Gasteiger partial charge on any atom is 0.123 e. The Kier molecular flexibility index (Phi) is 5.55. The summed E-state index contributed by atoms with van der Waals surface area (Å²) in [5.41, 5.74) is 1.17. The van der Waals surface area contributed by atoms with E-state index in [-0.39, 0.29) is 23.9 Å². The summed E-state index contributed by atoms with van der Waals surface area (Å²) in [5, 5.41) is 13.3. The zero-order chi connectivity index (χ0) is 14.4. The van der Waals surface area contributed by atoms with E-state index in [4.69, 9.17) is 0 Å². The Balaban J connectivity index is 1.97. The first-order chi connectivity index (χ1) is 9.69. The molecule has 2 N–H and O–H groups in total. The normalized spacial score (nSPS) is 19.8. The van der Waals surface area contributed by atoms with Crippen LogP contribution in [0.25, 0.3) is 0 Å². The van der Waals surface area contributed by atoms with Gasteiger partial charge in [-0.25, -0.2) is 4.39 Å². The smallest absolute Gasteiger partial charge is 0.123 e. The van der Waals surface area contributed by atoms with Crippen molar-refractivity contribution in [2.75, 3.05) is 13.2 Å². The maximum atomic E-state index is 13.0. The maximum absolute atomic E-state index is 13.0. The fraction of sp³-hybridized carbons (Fsp3) is 0.647. The van der Waals surface area contributed by atoms with Gasteiger partial charge in [0, 0.05) is 24.6 Å². The standard InChI is InChI=1S/C17H26FNO/c1-2-16(14-6-8-15(18)9-7-14)19-12-17(13-20)10-4-3-5-11-17/h6-9,16,19-20H,2-5,10-13H2,1H3. The molecular weight excluding hydrogens is 253 g/mol. The Labute approximate surface area is 121 Å². The highest BCUT2D eigenvalue weighted by Gasteiger charge is 2.31. The van der Waals surface area contributed by atoms with Crippen molar-refractivity contribution < 1.29 is 9.50 Å². The lowest BCUT2D eigenvalue weighted by molar-refractivity contribution is 0.0781. The van der Waals surface area contributed by atoms with Crippen LogP contribution in [0.5, 0.6) is 0 Å². The van der Waals surface area contributed by atoms with Crippen LogP contribution in [0.2, 0.25) is 0 Å². The fourth-order valence-electron chi connectivity index (χ4n) is 3.23. The largest absolute Gasteiger partial charge is 0.396 e. The van der Waals surface area contributed by atoms with E-state index in [0.29, 0.717) is 0 Å². The highest BCUT2D eigenvalue weighted by atomic mass is 19.1. The molecule has 1 saturated carbocycles. The van der Waals surface area contributed by atoms with E-state index in [1.54, 1.807) is 0 Å². The van der Waals surface area contributed by atoms with Crippen LogP contribution in [0.3, 0.4) is 0 Å². The van der Waals surface area contributed by atoms with Crippen LogP contribution >= 0.6 is 0 Å². The molecule has 0 bridgehead atoms. The summed E-state index contributed by atoms with van der Waals surface area (Å²) in [4.78, 5) is 0. The quantitative estimate of drug-likeness (QED) is 0.830. The van der Waals surface area contributed by atoms with Crippen molar-refractivity contribution >= 4 is 0 Å². The molecule has 0 aromatic heterocycles. The molecule has 1 aromatic rings. The van der Waals surface area contributed by atoms with Gasteiger partial charge in [0.05, 0.1) is 0 Å². The molecule has 1 unspecified atom stereocenters. The van der Waals surface area contributed by atoms with Crippen LogP contribution in [0.4, 0.5) is 4.39 Å². The second-order valence-electron chi connectivity index (χ2n) is 6.11. The Hall–Kier alpha value is -0.930. The number of halogens is 1. The monoisotopic (exact) mass is 279 g/mol. The third-order valence-electron chi connectivity index (χ3n) is 4.65. The van der Waals surface area contributed by atoms with Crippen molar-refractivity contribution in [3.63, 3.8) is 0 Å². The molecule has 0 heterocycles. The molecule has 1 aromatic carbocycles. The summed E-state index contributed by atoms with van der Waals surface area (Å²) >= 11 is 0. The molecule has 112 valence electrons. The van der Waals surface area contributed by atoms with Gasteiger partial charge < -0.3 is 10.4 Å². The van der Waals surface area contributed by atoms with Crippen LogP contribution in [0.1, 0.15) is 57.1 Å². The van der Waals surface area contributed by atoms with Gasteiger partial charge >= 0.3 is 0 Å². The van der Waals surface area contributed by atoms with Gasteiger partial charge in [-0.15, -0.1) is 0 Å². The Bertz CT molecular complexity index is 398. The van der Waals surface area contributed by atoms with Crippen LogP contribution in [-0.2, 0) is 0 Å². The first-order valence-electron chi connectivity index (χ1n) is 7.79. The van der Waals surface area contributed by atoms with E-state index >= 15 is 0 Å². The van der Waals surface area contributed by atoms with E-state index in [1.807, 2.05) is 12.1 Å². The van der Waals surface area contributed by atoms with Crippen molar-refractivity contribution in [2.45, 2.75) is 51.5 Å². The molecule has 1 aliphatic carbocycles. The van der Waals surface area contributed by atoms with Crippen LogP contribution in [0, 0.1) is 11.2 Å². The number of hydrogen-bond donors (Lipinski definition) is 2. The van der Waals surface area contributed by atoms with Crippen LogP contribution in [0.15, 0.2) is 24.3 Å². The van der Waals surface area contributed by atoms with Crippen molar-refractivity contribution in [2.24, 2.45) is 5.41 Å². The van der Waals surface area contributed by atoms with Gasteiger partial charge in [-0.3, -0.25) is 0 Å². The molecule has 3 heteroatoms. The molecular formula is C17H26FNO. The molecule has 0 spiro atoms. The SMILES string of the molecule is CCC(NCC1(CO)CCCCC1)c1ccc(F)cc1. The molecule has 2 nitrogen and oxygen atoms in total. The lowest BCUT2D eigenvalue weighted by atomic mass is 9.74. The fourth-order valence-corrected chi connectivity index (χ4v) is 3.23. The highest BCUT2D eigenvalue weighted by Crippen LogP contribution is 2.35. The van der Waals surface area contributed by atoms with Gasteiger partial charge in [-0.1, -0.05) is 38.3 Å². The van der Waals surface area contributed by atoms with Crippen LogP contribution < -0.4 is 5.32 Å². The molecule has 0 amide bonds. The van der Waals surface area contributed by atoms with Gasteiger partial charge in [-0.05, 0) is 37.0 Å². The summed E-state index contributed by atoms with van der Waals surface area (Å²) in [7, 11) is 0. The van der Waals surface area contributed by atoms with Crippen molar-refractivity contribution in [3.05, 3.63) is 35.6 Å². The third-order valence-corrected chi connectivity index (χ3v) is 4.65. The van der Waals surface area contributed by atoms with Crippen molar-refractivity contribution in [3.8, 4) is 0 Å². The van der Waals surface area contributed by atoms with Gasteiger partial charge in [0.15, 0.2) is 0 Å². The summed E-state index contributed by atoms with van der Waals surface area (Å²) < 4.78 is 13.0. The minimum atomic E-state index is -0.192. The number of aliphatic hydroxyl groups excluding tert-OH is 1. The average Bonchev–Trinajstić information content (AvgIpc) is 2.50. The molecule has 1 atom stereocenters. The number of benzene rings is 1. The van der Waals surface area contributed by atoms with Gasteiger partial charge in [0.25, 0.3) is 0 Å². The van der Waals surface area contributed by atoms with Crippen molar-refractivity contribution in [1.82, 2.24) is 5.32 Å². The predicted molar refractivity (Wildman–Crippen MR) is 80.0 cm³/mol. The van der Waals surface area contributed by atoms with E-state index in [0.717, 1.165) is 31.4 Å². The number of hydrogen-bond acceptors (Lipinski definition) is 2. The third kappa shape index (κ3) is 3.80. The van der Waals surface area contributed by atoms with E-state index in [1.165, 1.54) is 31.4 Å². The lowest BCUT2D eigenvalue weighted by Crippen LogP contribution is -2.40. The topological polar surface area (TPSA) is 32.3 Å². The lowest BCUT2D eigenvalue weighted by Gasteiger charge is -2.37. The summed E-state index contributed by atoms with van der Waals surface area (Å²) in [6, 6.07) is 6.97. The van der Waals surface area contributed by atoms with Crippen LogP contribution in [-0.4, -0.2) is 18.3 Å². The van der Waals surface area contributed by atoms with Gasteiger partial charge in [0.2, 0.25) is 0 Å². The minimum absolute atomic E-state index is 0.0473. The molecule has 1 fully saturated rings. The zero-order valence-corrected chi connectivity index (χ0v) is 12.4. The van der Waals surface area contributed by atoms with Gasteiger partial charge in [-0.2, -0.15) is 0 Å². The first-order valence-corrected chi connectivity index (χ1v) is 7.79. The highest BCUT2D eigenvalue weighted by molar-refractivity contribution is 5.19. The zero-order valence-electron chi connectivity index (χ0n) is 12.4. The first kappa shape index (κ1) is 15.5. The molecule has 2 rings (SSSR count). The number of rotatable bonds is 6. The molecule has 1 aliphatic rings. The summed E-state index contributed by atoms with van der Waals surface area (Å²) in [6.45, 7) is 3.24. The predicted octanol–water partition coefficient (Wildman–Crippen LogP) is 3.81. The average molecular weight is 279 g/mol. The summed E-state index contributed by atoms with van der Waals surface area (Å²) in [5.74, 6) is -0.192. The Morgan fingerprint density at radius 3 is 2.40 bits per heavy atom. The second kappa shape index (κ2) is 7.19. The molecule has 0 saturated heterocycles. The molecule has 0 radical (unpaired) electrons. The number of nitrogens with one attached hydrogen (secondary N) is 1. The second-order valence-corrected chi connectivity index (χ2v) is 6.11. The Morgan fingerprint density at radius 2 is 1.85 bits per heavy atom. The Morgan fingerprint density at radius 1 is 1.20 bits per heavy atom. The van der Waals surface area contributed by atoms with Gasteiger partial charge in [0.1, 0.15) is 5.82 Å². The molecule has 0 aliphatic heterocycles.